The minimum atomic E-state index is -0.231. The molecule has 2 unspecified atom stereocenters. The van der Waals surface area contributed by atoms with Crippen molar-refractivity contribution in [3.05, 3.63) is 47.8 Å². The molecule has 0 saturated carbocycles. The number of β-amino-alcohol motifs (C(OH)–C–C–N with tert-alkyl or cyclic N) is 1. The van der Waals surface area contributed by atoms with Gasteiger partial charge in [-0.3, -0.25) is 0 Å². The lowest BCUT2D eigenvalue weighted by Gasteiger charge is -2.13. The van der Waals surface area contributed by atoms with E-state index in [4.69, 9.17) is 0 Å². The van der Waals surface area contributed by atoms with Crippen molar-refractivity contribution in [2.24, 2.45) is 5.92 Å². The molecule has 2 heterocycles. The number of benzene rings is 1. The normalized spacial score (nSPS) is 21.8. The van der Waals surface area contributed by atoms with Crippen molar-refractivity contribution in [3.8, 4) is 5.69 Å². The lowest BCUT2D eigenvalue weighted by Crippen LogP contribution is -2.30. The van der Waals surface area contributed by atoms with Crippen LogP contribution in [0.2, 0.25) is 0 Å². The Morgan fingerprint density at radius 1 is 1.33 bits per heavy atom. The summed E-state index contributed by atoms with van der Waals surface area (Å²) in [5, 5.41) is 21.0. The van der Waals surface area contributed by atoms with Gasteiger partial charge in [0.15, 0.2) is 0 Å². The van der Waals surface area contributed by atoms with Crippen molar-refractivity contribution < 1.29 is 5.11 Å². The number of hydrogen-bond donors (Lipinski definition) is 3. The van der Waals surface area contributed by atoms with Gasteiger partial charge in [-0.05, 0) is 19.1 Å². The molecule has 0 aliphatic carbocycles. The van der Waals surface area contributed by atoms with Gasteiger partial charge in [0.25, 0.3) is 0 Å². The molecule has 1 saturated heterocycles. The first kappa shape index (κ1) is 14.3. The number of nitrogens with zero attached hydrogens (tertiary/aromatic N) is 2. The van der Waals surface area contributed by atoms with Crippen molar-refractivity contribution in [2.45, 2.75) is 19.6 Å². The molecule has 2 aromatic rings. The molecule has 5 heteroatoms. The van der Waals surface area contributed by atoms with E-state index in [2.05, 4.69) is 21.9 Å². The summed E-state index contributed by atoms with van der Waals surface area (Å²) in [4.78, 5) is 0. The molecule has 1 aromatic carbocycles. The number of aliphatic hydroxyl groups excluding tert-OH is 1. The van der Waals surface area contributed by atoms with Gasteiger partial charge in [-0.2, -0.15) is 5.10 Å². The van der Waals surface area contributed by atoms with Crippen molar-refractivity contribution in [2.75, 3.05) is 19.6 Å². The third-order valence-electron chi connectivity index (χ3n) is 4.05. The molecule has 0 amide bonds. The van der Waals surface area contributed by atoms with E-state index < -0.39 is 0 Å². The van der Waals surface area contributed by atoms with Crippen LogP contribution in [0, 0.1) is 12.8 Å². The second kappa shape index (κ2) is 6.39. The number of para-hydroxylation sites is 1. The van der Waals surface area contributed by atoms with Crippen LogP contribution in [0.3, 0.4) is 0 Å². The van der Waals surface area contributed by atoms with E-state index in [-0.39, 0.29) is 6.10 Å². The number of aryl methyl sites for hydroxylation is 1. The first-order valence-electron chi connectivity index (χ1n) is 7.44. The summed E-state index contributed by atoms with van der Waals surface area (Å²) < 4.78 is 1.91. The molecule has 0 bridgehead atoms. The standard InChI is InChI=1S/C16H22N4O/c1-12-14(9-17-7-13-8-18-10-16(13)21)11-20(19-12)15-5-3-2-4-6-15/h2-6,11,13,16-18,21H,7-10H2,1H3. The van der Waals surface area contributed by atoms with Gasteiger partial charge in [-0.25, -0.2) is 4.68 Å². The highest BCUT2D eigenvalue weighted by atomic mass is 16.3. The Morgan fingerprint density at radius 3 is 2.86 bits per heavy atom. The van der Waals surface area contributed by atoms with E-state index in [1.165, 1.54) is 5.56 Å². The molecular weight excluding hydrogens is 264 g/mol. The molecular formula is C16H22N4O. The molecule has 0 spiro atoms. The van der Waals surface area contributed by atoms with Crippen molar-refractivity contribution in [1.82, 2.24) is 20.4 Å². The fourth-order valence-corrected chi connectivity index (χ4v) is 2.70. The number of nitrogens with one attached hydrogen (secondary N) is 2. The zero-order valence-electron chi connectivity index (χ0n) is 12.3. The second-order valence-corrected chi connectivity index (χ2v) is 5.64. The van der Waals surface area contributed by atoms with E-state index in [1.54, 1.807) is 0 Å². The average molecular weight is 286 g/mol. The van der Waals surface area contributed by atoms with Gasteiger partial charge < -0.3 is 15.7 Å². The largest absolute Gasteiger partial charge is 0.391 e. The first-order valence-corrected chi connectivity index (χ1v) is 7.44. The number of aliphatic hydroxyl groups is 1. The van der Waals surface area contributed by atoms with Crippen LogP contribution >= 0.6 is 0 Å². The fourth-order valence-electron chi connectivity index (χ4n) is 2.70. The van der Waals surface area contributed by atoms with Gasteiger partial charge in [-0.15, -0.1) is 0 Å². The van der Waals surface area contributed by atoms with Crippen LogP contribution < -0.4 is 10.6 Å². The van der Waals surface area contributed by atoms with Crippen molar-refractivity contribution in [3.63, 3.8) is 0 Å². The summed E-state index contributed by atoms with van der Waals surface area (Å²) in [7, 11) is 0. The Kier molecular flexibility index (Phi) is 4.34. The molecule has 1 aliphatic rings. The van der Waals surface area contributed by atoms with Crippen LogP contribution in [0.5, 0.6) is 0 Å². The Bertz CT molecular complexity index is 581. The zero-order valence-corrected chi connectivity index (χ0v) is 12.3. The second-order valence-electron chi connectivity index (χ2n) is 5.64. The van der Waals surface area contributed by atoms with E-state index in [9.17, 15) is 5.11 Å². The summed E-state index contributed by atoms with van der Waals surface area (Å²) in [6, 6.07) is 10.1. The summed E-state index contributed by atoms with van der Waals surface area (Å²) in [5.74, 6) is 0.300. The van der Waals surface area contributed by atoms with Gasteiger partial charge in [-0.1, -0.05) is 18.2 Å². The molecule has 1 aliphatic heterocycles. The smallest absolute Gasteiger partial charge is 0.0716 e. The Labute approximate surface area is 125 Å². The molecule has 3 rings (SSSR count). The third-order valence-corrected chi connectivity index (χ3v) is 4.05. The maximum absolute atomic E-state index is 9.77. The highest BCUT2D eigenvalue weighted by Gasteiger charge is 2.24. The maximum atomic E-state index is 9.77. The first-order chi connectivity index (χ1) is 10.2. The Hall–Kier alpha value is -1.69. The van der Waals surface area contributed by atoms with Crippen molar-refractivity contribution >= 4 is 0 Å². The molecule has 5 nitrogen and oxygen atoms in total. The lowest BCUT2D eigenvalue weighted by atomic mass is 10.1. The van der Waals surface area contributed by atoms with Crippen LogP contribution in [0.1, 0.15) is 11.3 Å². The molecule has 2 atom stereocenters. The molecule has 112 valence electrons. The van der Waals surface area contributed by atoms with Gasteiger partial charge in [0, 0.05) is 43.9 Å². The minimum absolute atomic E-state index is 0.231. The van der Waals surface area contributed by atoms with Crippen LogP contribution in [0.15, 0.2) is 36.5 Å². The quantitative estimate of drug-likeness (QED) is 0.762. The summed E-state index contributed by atoms with van der Waals surface area (Å²) in [6.45, 7) is 5.22. The number of rotatable bonds is 5. The minimum Gasteiger partial charge on any atom is -0.391 e. The van der Waals surface area contributed by atoms with Crippen LogP contribution in [-0.4, -0.2) is 40.6 Å². The summed E-state index contributed by atoms with van der Waals surface area (Å²) in [6.07, 6.45) is 1.84. The third kappa shape index (κ3) is 3.32. The molecule has 1 fully saturated rings. The van der Waals surface area contributed by atoms with Crippen molar-refractivity contribution in [1.29, 1.82) is 0 Å². The van der Waals surface area contributed by atoms with Gasteiger partial charge >= 0.3 is 0 Å². The fraction of sp³-hybridized carbons (Fsp3) is 0.438. The summed E-state index contributed by atoms with van der Waals surface area (Å²) >= 11 is 0. The Morgan fingerprint density at radius 2 is 2.14 bits per heavy atom. The number of hydrogen-bond acceptors (Lipinski definition) is 4. The van der Waals surface area contributed by atoms with E-state index in [0.717, 1.165) is 31.0 Å². The molecule has 0 radical (unpaired) electrons. The van der Waals surface area contributed by atoms with Gasteiger partial charge in [0.05, 0.1) is 17.5 Å². The van der Waals surface area contributed by atoms with E-state index >= 15 is 0 Å². The SMILES string of the molecule is Cc1nn(-c2ccccc2)cc1CNCC1CNCC1O. The topological polar surface area (TPSA) is 62.1 Å². The van der Waals surface area contributed by atoms with Gasteiger partial charge in [0.2, 0.25) is 0 Å². The molecule has 3 N–H and O–H groups in total. The van der Waals surface area contributed by atoms with Crippen LogP contribution in [0.25, 0.3) is 5.69 Å². The lowest BCUT2D eigenvalue weighted by molar-refractivity contribution is 0.146. The van der Waals surface area contributed by atoms with Gasteiger partial charge in [0.1, 0.15) is 0 Å². The zero-order chi connectivity index (χ0) is 14.7. The monoisotopic (exact) mass is 286 g/mol. The number of aromatic nitrogens is 2. The maximum Gasteiger partial charge on any atom is 0.0716 e. The van der Waals surface area contributed by atoms with E-state index in [1.807, 2.05) is 41.9 Å². The Balaban J connectivity index is 1.60. The predicted molar refractivity (Wildman–Crippen MR) is 82.4 cm³/mol. The van der Waals surface area contributed by atoms with E-state index in [0.29, 0.717) is 12.5 Å². The molecule has 1 aromatic heterocycles. The predicted octanol–water partition coefficient (Wildman–Crippen LogP) is 0.851. The summed E-state index contributed by atoms with van der Waals surface area (Å²) in [5.41, 5.74) is 3.30. The average Bonchev–Trinajstić information content (AvgIpc) is 3.07. The van der Waals surface area contributed by atoms with Crippen LogP contribution in [-0.2, 0) is 6.54 Å². The highest BCUT2D eigenvalue weighted by Crippen LogP contribution is 2.12. The highest BCUT2D eigenvalue weighted by molar-refractivity contribution is 5.32. The van der Waals surface area contributed by atoms with Crippen LogP contribution in [0.4, 0.5) is 0 Å². The molecule has 21 heavy (non-hydrogen) atoms.